The molecule has 0 bridgehead atoms. The maximum Gasteiger partial charge on any atom is 0.208 e. The van der Waals surface area contributed by atoms with Gasteiger partial charge in [-0.15, -0.1) is 5.10 Å². The van der Waals surface area contributed by atoms with Gasteiger partial charge in [0.15, 0.2) is 0 Å². The van der Waals surface area contributed by atoms with Gasteiger partial charge in [0.2, 0.25) is 5.16 Å². The van der Waals surface area contributed by atoms with Crippen LogP contribution in [0.15, 0.2) is 41.7 Å². The number of nitrogens with zero attached hydrogens (tertiary/aromatic N) is 3. The normalized spacial score (nSPS) is 15.3. The van der Waals surface area contributed by atoms with Crippen molar-refractivity contribution in [1.82, 2.24) is 20.2 Å². The molecule has 0 atom stereocenters. The summed E-state index contributed by atoms with van der Waals surface area (Å²) in [6.45, 7) is 0. The van der Waals surface area contributed by atoms with Crippen LogP contribution in [0.1, 0.15) is 43.5 Å². The number of nitrogens with one attached hydrogen (secondary N) is 1. The highest BCUT2D eigenvalue weighted by Crippen LogP contribution is 2.29. The Morgan fingerprint density at radius 3 is 2.92 bits per heavy atom. The lowest BCUT2D eigenvalue weighted by Gasteiger charge is -2.05. The second-order valence-electron chi connectivity index (χ2n) is 6.53. The summed E-state index contributed by atoms with van der Waals surface area (Å²) in [6.07, 6.45) is 9.71. The summed E-state index contributed by atoms with van der Waals surface area (Å²) in [4.78, 5) is 9.15. The van der Waals surface area contributed by atoms with E-state index in [9.17, 15) is 0 Å². The molecule has 4 rings (SSSR count). The molecule has 0 radical (unpaired) electrons. The van der Waals surface area contributed by atoms with Gasteiger partial charge in [0, 0.05) is 23.8 Å². The van der Waals surface area contributed by atoms with Crippen molar-refractivity contribution in [3.63, 3.8) is 0 Å². The molecular weight excluding hydrogens is 316 g/mol. The Labute approximate surface area is 146 Å². The summed E-state index contributed by atoms with van der Waals surface area (Å²) in [5.41, 5.74) is 2.31. The standard InChI is InChI=1S/C19H22N4S/c1-2-6-14(5-1)10-11-17-21-19(23-22-17)24-13-16-8-3-7-15-9-4-12-20-18(15)16/h3-4,7-9,12,14H,1-2,5-6,10-11,13H2,(H,21,22,23). The number of aromatic amines is 1. The SMILES string of the molecule is c1cnc2c(CSc3n[nH]c(CCC4CCCC4)n3)cccc2c1. The van der Waals surface area contributed by atoms with Crippen LogP contribution in [0.25, 0.3) is 10.9 Å². The fourth-order valence-electron chi connectivity index (χ4n) is 3.52. The minimum Gasteiger partial charge on any atom is -0.262 e. The van der Waals surface area contributed by atoms with Gasteiger partial charge in [-0.25, -0.2) is 4.98 Å². The number of hydrogen-bond acceptors (Lipinski definition) is 4. The van der Waals surface area contributed by atoms with Crippen molar-refractivity contribution >= 4 is 22.7 Å². The van der Waals surface area contributed by atoms with Crippen LogP contribution in [0, 0.1) is 5.92 Å². The second kappa shape index (κ2) is 7.34. The van der Waals surface area contributed by atoms with Gasteiger partial charge in [-0.1, -0.05) is 61.7 Å². The topological polar surface area (TPSA) is 54.5 Å². The lowest BCUT2D eigenvalue weighted by atomic mass is 10.0. The van der Waals surface area contributed by atoms with Gasteiger partial charge in [0.05, 0.1) is 5.52 Å². The van der Waals surface area contributed by atoms with Gasteiger partial charge in [-0.3, -0.25) is 10.1 Å². The molecule has 0 spiro atoms. The summed E-state index contributed by atoms with van der Waals surface area (Å²) >= 11 is 1.67. The molecule has 1 aromatic carbocycles. The molecule has 1 aliphatic carbocycles. The van der Waals surface area contributed by atoms with Crippen LogP contribution in [0.4, 0.5) is 0 Å². The number of para-hydroxylation sites is 1. The fraction of sp³-hybridized carbons (Fsp3) is 0.421. The molecule has 5 heteroatoms. The number of thioether (sulfide) groups is 1. The third-order valence-electron chi connectivity index (χ3n) is 4.85. The summed E-state index contributed by atoms with van der Waals surface area (Å²) in [5.74, 6) is 2.77. The van der Waals surface area contributed by atoms with E-state index >= 15 is 0 Å². The third kappa shape index (κ3) is 3.61. The first kappa shape index (κ1) is 15.6. The molecule has 1 N–H and O–H groups in total. The van der Waals surface area contributed by atoms with Crippen molar-refractivity contribution in [2.75, 3.05) is 0 Å². The quantitative estimate of drug-likeness (QED) is 0.658. The smallest absolute Gasteiger partial charge is 0.208 e. The van der Waals surface area contributed by atoms with Crippen molar-refractivity contribution in [3.05, 3.63) is 47.9 Å². The van der Waals surface area contributed by atoms with E-state index < -0.39 is 0 Å². The number of aryl methyl sites for hydroxylation is 1. The van der Waals surface area contributed by atoms with E-state index in [0.29, 0.717) is 0 Å². The summed E-state index contributed by atoms with van der Waals surface area (Å²) in [5, 5.41) is 9.49. The first-order chi connectivity index (χ1) is 11.9. The highest BCUT2D eigenvalue weighted by atomic mass is 32.2. The Morgan fingerprint density at radius 2 is 2.00 bits per heavy atom. The van der Waals surface area contributed by atoms with Gasteiger partial charge in [0.25, 0.3) is 0 Å². The van der Waals surface area contributed by atoms with Crippen LogP contribution in [0.2, 0.25) is 0 Å². The zero-order valence-electron chi connectivity index (χ0n) is 13.7. The first-order valence-corrected chi connectivity index (χ1v) is 9.74. The van der Waals surface area contributed by atoms with Crippen LogP contribution in [0.5, 0.6) is 0 Å². The van der Waals surface area contributed by atoms with Crippen LogP contribution >= 0.6 is 11.8 Å². The van der Waals surface area contributed by atoms with Gasteiger partial charge in [-0.2, -0.15) is 0 Å². The molecule has 2 heterocycles. The highest BCUT2D eigenvalue weighted by molar-refractivity contribution is 7.98. The van der Waals surface area contributed by atoms with E-state index in [1.807, 2.05) is 12.3 Å². The predicted octanol–water partition coefficient (Wildman–Crippen LogP) is 4.77. The monoisotopic (exact) mass is 338 g/mol. The predicted molar refractivity (Wildman–Crippen MR) is 98.0 cm³/mol. The van der Waals surface area contributed by atoms with Crippen LogP contribution < -0.4 is 0 Å². The Morgan fingerprint density at radius 1 is 1.12 bits per heavy atom. The summed E-state index contributed by atoms with van der Waals surface area (Å²) in [6, 6.07) is 10.4. The summed E-state index contributed by atoms with van der Waals surface area (Å²) < 4.78 is 0. The summed E-state index contributed by atoms with van der Waals surface area (Å²) in [7, 11) is 0. The molecule has 0 aliphatic heterocycles. The highest BCUT2D eigenvalue weighted by Gasteiger charge is 2.15. The molecule has 1 saturated carbocycles. The van der Waals surface area contributed by atoms with E-state index in [1.54, 1.807) is 11.8 Å². The van der Waals surface area contributed by atoms with E-state index in [1.165, 1.54) is 43.1 Å². The minimum absolute atomic E-state index is 0.837. The molecule has 0 unspecified atom stereocenters. The van der Waals surface area contributed by atoms with Gasteiger partial charge < -0.3 is 0 Å². The molecule has 4 nitrogen and oxygen atoms in total. The van der Waals surface area contributed by atoms with Gasteiger partial charge in [0.1, 0.15) is 5.82 Å². The fourth-order valence-corrected chi connectivity index (χ4v) is 4.32. The molecule has 2 aromatic heterocycles. The lowest BCUT2D eigenvalue weighted by Crippen LogP contribution is -1.97. The van der Waals surface area contributed by atoms with E-state index in [-0.39, 0.29) is 0 Å². The van der Waals surface area contributed by atoms with Crippen molar-refractivity contribution < 1.29 is 0 Å². The average Bonchev–Trinajstić information content (AvgIpc) is 3.30. The molecule has 1 fully saturated rings. The van der Waals surface area contributed by atoms with Crippen molar-refractivity contribution in [1.29, 1.82) is 0 Å². The van der Waals surface area contributed by atoms with Crippen LogP contribution in [0.3, 0.4) is 0 Å². The minimum atomic E-state index is 0.837. The number of rotatable bonds is 6. The maximum absolute atomic E-state index is 4.64. The Hall–Kier alpha value is -1.88. The zero-order valence-corrected chi connectivity index (χ0v) is 14.6. The molecule has 24 heavy (non-hydrogen) atoms. The molecule has 124 valence electrons. The Bertz CT molecular complexity index is 802. The van der Waals surface area contributed by atoms with E-state index in [2.05, 4.69) is 44.4 Å². The van der Waals surface area contributed by atoms with Gasteiger partial charge in [-0.05, 0) is 24.0 Å². The van der Waals surface area contributed by atoms with E-state index in [4.69, 9.17) is 0 Å². The second-order valence-corrected chi connectivity index (χ2v) is 7.48. The third-order valence-corrected chi connectivity index (χ3v) is 5.74. The largest absolute Gasteiger partial charge is 0.262 e. The van der Waals surface area contributed by atoms with E-state index in [0.717, 1.165) is 34.6 Å². The Balaban J connectivity index is 1.37. The maximum atomic E-state index is 4.64. The number of hydrogen-bond donors (Lipinski definition) is 1. The number of fused-ring (bicyclic) bond motifs is 1. The molecule has 1 aliphatic rings. The number of pyridine rings is 1. The average molecular weight is 338 g/mol. The van der Waals surface area contributed by atoms with Gasteiger partial charge >= 0.3 is 0 Å². The van der Waals surface area contributed by atoms with Crippen molar-refractivity contribution in [2.24, 2.45) is 5.92 Å². The molecule has 3 aromatic rings. The number of benzene rings is 1. The lowest BCUT2D eigenvalue weighted by molar-refractivity contribution is 0.497. The molecular formula is C19H22N4S. The van der Waals surface area contributed by atoms with Crippen molar-refractivity contribution in [3.8, 4) is 0 Å². The van der Waals surface area contributed by atoms with Crippen LogP contribution in [-0.4, -0.2) is 20.2 Å². The zero-order chi connectivity index (χ0) is 16.2. The Kier molecular flexibility index (Phi) is 4.78. The number of H-pyrrole nitrogens is 1. The molecule has 0 amide bonds. The molecule has 0 saturated heterocycles. The first-order valence-electron chi connectivity index (χ1n) is 8.75. The van der Waals surface area contributed by atoms with Crippen LogP contribution in [-0.2, 0) is 12.2 Å². The number of aromatic nitrogens is 4. The van der Waals surface area contributed by atoms with Crippen molar-refractivity contribution in [2.45, 2.75) is 49.4 Å².